The molecule has 0 radical (unpaired) electrons. The van der Waals surface area contributed by atoms with Gasteiger partial charge in [0.2, 0.25) is 10.0 Å². The molecule has 2 aliphatic heterocycles. The molecule has 1 atom stereocenters. The average Bonchev–Trinajstić information content (AvgIpc) is 2.69. The minimum atomic E-state index is -3.75. The highest BCUT2D eigenvalue weighted by Crippen LogP contribution is 2.34. The number of aromatic nitrogens is 2. The van der Waals surface area contributed by atoms with Gasteiger partial charge in [-0.15, -0.1) is 0 Å². The van der Waals surface area contributed by atoms with Crippen LogP contribution in [0, 0.1) is 12.7 Å². The lowest BCUT2D eigenvalue weighted by atomic mass is 10.0. The quantitative estimate of drug-likeness (QED) is 0.872. The summed E-state index contributed by atoms with van der Waals surface area (Å²) in [6.07, 6.45) is 5.05. The number of rotatable bonds is 3. The van der Waals surface area contributed by atoms with Crippen molar-refractivity contribution in [1.82, 2.24) is 19.6 Å². The maximum absolute atomic E-state index is 13.6. The molecule has 2 aromatic rings. The number of hydrogen-bond donors (Lipinski definition) is 1. The van der Waals surface area contributed by atoms with Crippen molar-refractivity contribution in [3.05, 3.63) is 52.9 Å². The molecule has 2 aliphatic rings. The molecule has 4 rings (SSSR count). The van der Waals surface area contributed by atoms with Crippen molar-refractivity contribution < 1.29 is 12.8 Å². The molecule has 1 aromatic carbocycles. The van der Waals surface area contributed by atoms with Gasteiger partial charge in [0.25, 0.3) is 0 Å². The van der Waals surface area contributed by atoms with Crippen molar-refractivity contribution >= 4 is 10.0 Å². The number of aryl methyl sites for hydroxylation is 1. The van der Waals surface area contributed by atoms with Crippen LogP contribution >= 0.6 is 0 Å². The van der Waals surface area contributed by atoms with Crippen molar-refractivity contribution in [3.8, 4) is 0 Å². The molecule has 8 heteroatoms. The average molecular weight is 390 g/mol. The predicted molar refractivity (Wildman–Crippen MR) is 99.1 cm³/mol. The molecular weight excluding hydrogens is 367 g/mol. The molecule has 1 aromatic heterocycles. The zero-order valence-electron chi connectivity index (χ0n) is 15.3. The van der Waals surface area contributed by atoms with E-state index in [2.05, 4.69) is 10.3 Å². The number of fused-ring (bicyclic) bond motifs is 1. The first-order chi connectivity index (χ1) is 13.0. The molecule has 0 bridgehead atoms. The van der Waals surface area contributed by atoms with Crippen LogP contribution in [0.15, 0.2) is 29.3 Å². The van der Waals surface area contributed by atoms with Gasteiger partial charge in [-0.25, -0.2) is 22.8 Å². The van der Waals surface area contributed by atoms with E-state index >= 15 is 0 Å². The van der Waals surface area contributed by atoms with E-state index in [1.165, 1.54) is 22.5 Å². The van der Waals surface area contributed by atoms with Gasteiger partial charge in [0.05, 0.1) is 10.9 Å². The number of benzene rings is 1. The first-order valence-electron chi connectivity index (χ1n) is 9.30. The van der Waals surface area contributed by atoms with Crippen LogP contribution in [0.3, 0.4) is 0 Å². The first kappa shape index (κ1) is 18.5. The zero-order valence-corrected chi connectivity index (χ0v) is 16.1. The summed E-state index contributed by atoms with van der Waals surface area (Å²) in [6.45, 7) is 3.61. The van der Waals surface area contributed by atoms with E-state index in [4.69, 9.17) is 4.98 Å². The SMILES string of the molecule is Cc1cc(S(=O)(=O)N2CCCC[C@H]2c2ncc3c(n2)CCNC3)ccc1F. The second-order valence-electron chi connectivity index (χ2n) is 7.17. The molecule has 0 saturated carbocycles. The van der Waals surface area contributed by atoms with Crippen molar-refractivity contribution in [1.29, 1.82) is 0 Å². The summed E-state index contributed by atoms with van der Waals surface area (Å²) < 4.78 is 41.6. The summed E-state index contributed by atoms with van der Waals surface area (Å²) >= 11 is 0. The van der Waals surface area contributed by atoms with E-state index in [0.29, 0.717) is 24.4 Å². The molecule has 0 unspecified atom stereocenters. The summed E-state index contributed by atoms with van der Waals surface area (Å²) in [5.41, 5.74) is 2.39. The Kier molecular flexibility index (Phi) is 4.96. The smallest absolute Gasteiger partial charge is 0.243 e. The van der Waals surface area contributed by atoms with Crippen molar-refractivity contribution in [2.45, 2.75) is 50.1 Å². The molecule has 0 aliphatic carbocycles. The van der Waals surface area contributed by atoms with Gasteiger partial charge in [-0.05, 0) is 43.5 Å². The first-order valence-corrected chi connectivity index (χ1v) is 10.7. The van der Waals surface area contributed by atoms with E-state index < -0.39 is 15.8 Å². The van der Waals surface area contributed by atoms with Crippen molar-refractivity contribution in [2.75, 3.05) is 13.1 Å². The van der Waals surface area contributed by atoms with Crippen LogP contribution in [0.25, 0.3) is 0 Å². The summed E-state index contributed by atoms with van der Waals surface area (Å²) in [5, 5.41) is 3.29. The summed E-state index contributed by atoms with van der Waals surface area (Å²) in [6, 6.07) is 3.57. The van der Waals surface area contributed by atoms with Gasteiger partial charge >= 0.3 is 0 Å². The lowest BCUT2D eigenvalue weighted by molar-refractivity contribution is 0.245. The monoisotopic (exact) mass is 390 g/mol. The fourth-order valence-electron chi connectivity index (χ4n) is 3.78. The van der Waals surface area contributed by atoms with E-state index in [-0.39, 0.29) is 10.9 Å². The fourth-order valence-corrected chi connectivity index (χ4v) is 5.52. The van der Waals surface area contributed by atoms with Gasteiger partial charge < -0.3 is 5.32 Å². The number of halogens is 1. The highest BCUT2D eigenvalue weighted by atomic mass is 32.2. The molecule has 6 nitrogen and oxygen atoms in total. The Balaban J connectivity index is 1.71. The van der Waals surface area contributed by atoms with Crippen LogP contribution < -0.4 is 5.32 Å². The maximum Gasteiger partial charge on any atom is 0.243 e. The number of nitrogens with one attached hydrogen (secondary N) is 1. The molecule has 0 spiro atoms. The standard InChI is InChI=1S/C19H23FN4O2S/c1-13-10-15(5-6-16(13)20)27(25,26)24-9-3-2-4-18(24)19-22-12-14-11-21-8-7-17(14)23-19/h5-6,10,12,18,21H,2-4,7-9,11H2,1H3/t18-/m0/s1. The van der Waals surface area contributed by atoms with Crippen LogP contribution in [0.2, 0.25) is 0 Å². The number of nitrogens with zero attached hydrogens (tertiary/aromatic N) is 3. The molecule has 27 heavy (non-hydrogen) atoms. The lowest BCUT2D eigenvalue weighted by Gasteiger charge is -2.34. The highest BCUT2D eigenvalue weighted by molar-refractivity contribution is 7.89. The molecule has 1 N–H and O–H groups in total. The molecule has 1 fully saturated rings. The minimum absolute atomic E-state index is 0.121. The Labute approximate surface area is 158 Å². The number of piperidine rings is 1. The fraction of sp³-hybridized carbons (Fsp3) is 0.474. The normalized spacial score (nSPS) is 21.0. The van der Waals surface area contributed by atoms with Crippen molar-refractivity contribution in [2.24, 2.45) is 0 Å². The van der Waals surface area contributed by atoms with E-state index in [9.17, 15) is 12.8 Å². The Morgan fingerprint density at radius 3 is 2.96 bits per heavy atom. The van der Waals surface area contributed by atoms with Gasteiger partial charge in [0, 0.05) is 43.5 Å². The summed E-state index contributed by atoms with van der Waals surface area (Å²) in [5.74, 6) is 0.161. The zero-order chi connectivity index (χ0) is 19.0. The topological polar surface area (TPSA) is 75.2 Å². The van der Waals surface area contributed by atoms with E-state index in [0.717, 1.165) is 43.6 Å². The van der Waals surface area contributed by atoms with Crippen molar-refractivity contribution in [3.63, 3.8) is 0 Å². The summed E-state index contributed by atoms with van der Waals surface area (Å²) in [4.78, 5) is 9.32. The molecule has 144 valence electrons. The minimum Gasteiger partial charge on any atom is -0.312 e. The van der Waals surface area contributed by atoms with E-state index in [1.807, 2.05) is 6.20 Å². The number of hydrogen-bond acceptors (Lipinski definition) is 5. The second-order valence-corrected chi connectivity index (χ2v) is 9.06. The Morgan fingerprint density at radius 1 is 1.30 bits per heavy atom. The third-order valence-electron chi connectivity index (χ3n) is 5.31. The van der Waals surface area contributed by atoms with Gasteiger partial charge in [-0.2, -0.15) is 4.31 Å². The second kappa shape index (κ2) is 7.26. The lowest BCUT2D eigenvalue weighted by Crippen LogP contribution is -2.39. The van der Waals surface area contributed by atoms with Crippen LogP contribution in [0.4, 0.5) is 4.39 Å². The number of sulfonamides is 1. The Morgan fingerprint density at radius 2 is 2.15 bits per heavy atom. The molecule has 1 saturated heterocycles. The highest BCUT2D eigenvalue weighted by Gasteiger charge is 2.36. The van der Waals surface area contributed by atoms with Gasteiger partial charge in [-0.3, -0.25) is 0 Å². The van der Waals surface area contributed by atoms with Gasteiger partial charge in [0.1, 0.15) is 11.6 Å². The van der Waals surface area contributed by atoms with Crippen LogP contribution in [-0.2, 0) is 23.0 Å². The molecule has 3 heterocycles. The van der Waals surface area contributed by atoms with Crippen LogP contribution in [-0.4, -0.2) is 35.8 Å². The Hall–Kier alpha value is -1.90. The van der Waals surface area contributed by atoms with Crippen LogP contribution in [0.1, 0.15) is 47.9 Å². The molecule has 0 amide bonds. The maximum atomic E-state index is 13.6. The third-order valence-corrected chi connectivity index (χ3v) is 7.22. The predicted octanol–water partition coefficient (Wildman–Crippen LogP) is 2.49. The van der Waals surface area contributed by atoms with E-state index in [1.54, 1.807) is 6.92 Å². The van der Waals surface area contributed by atoms with Crippen LogP contribution in [0.5, 0.6) is 0 Å². The van der Waals surface area contributed by atoms with Gasteiger partial charge in [0.15, 0.2) is 0 Å². The largest absolute Gasteiger partial charge is 0.312 e. The Bertz CT molecular complexity index is 964. The summed E-state index contributed by atoms with van der Waals surface area (Å²) in [7, 11) is -3.75. The third kappa shape index (κ3) is 3.49. The molecular formula is C19H23FN4O2S. The van der Waals surface area contributed by atoms with Gasteiger partial charge in [-0.1, -0.05) is 6.42 Å².